The summed E-state index contributed by atoms with van der Waals surface area (Å²) in [7, 11) is 0. The van der Waals surface area contributed by atoms with Crippen LogP contribution in [0.3, 0.4) is 0 Å². The molecule has 1 fully saturated rings. The highest BCUT2D eigenvalue weighted by Gasteiger charge is 2.24. The third kappa shape index (κ3) is 3.73. The first-order valence-corrected chi connectivity index (χ1v) is 8.12. The fourth-order valence-electron chi connectivity index (χ4n) is 3.23. The first kappa shape index (κ1) is 15.6. The lowest BCUT2D eigenvalue weighted by atomic mass is 9.84. The van der Waals surface area contributed by atoms with E-state index in [0.29, 0.717) is 18.0 Å². The van der Waals surface area contributed by atoms with Gasteiger partial charge in [-0.15, -0.1) is 5.10 Å². The number of rotatable bonds is 5. The third-order valence-electron chi connectivity index (χ3n) is 4.51. The zero-order chi connectivity index (χ0) is 16.1. The van der Waals surface area contributed by atoms with E-state index >= 15 is 0 Å². The van der Waals surface area contributed by atoms with Crippen LogP contribution >= 0.6 is 0 Å². The van der Waals surface area contributed by atoms with Crippen LogP contribution in [-0.4, -0.2) is 38.7 Å². The number of hydrogen-bond acceptors (Lipinski definition) is 5. The van der Waals surface area contributed by atoms with Gasteiger partial charge in [-0.05, 0) is 47.4 Å². The van der Waals surface area contributed by atoms with Crippen molar-refractivity contribution in [3.63, 3.8) is 0 Å². The van der Waals surface area contributed by atoms with E-state index in [9.17, 15) is 4.79 Å². The van der Waals surface area contributed by atoms with E-state index in [1.54, 1.807) is 12.1 Å². The zero-order valence-corrected chi connectivity index (χ0v) is 13.1. The van der Waals surface area contributed by atoms with Crippen molar-refractivity contribution in [3.05, 3.63) is 36.2 Å². The van der Waals surface area contributed by atoms with Gasteiger partial charge in [-0.3, -0.25) is 4.79 Å². The maximum atomic E-state index is 12.6. The number of carbonyl (C=O) groups is 1. The molecule has 1 aliphatic rings. The molecule has 0 saturated heterocycles. The molecule has 0 bridgehead atoms. The van der Waals surface area contributed by atoms with Crippen molar-refractivity contribution in [2.75, 3.05) is 6.54 Å². The van der Waals surface area contributed by atoms with Crippen molar-refractivity contribution < 1.29 is 4.79 Å². The Hall–Kier alpha value is -2.28. The van der Waals surface area contributed by atoms with Gasteiger partial charge in [0.2, 0.25) is 0 Å². The van der Waals surface area contributed by atoms with E-state index in [1.165, 1.54) is 30.3 Å². The molecular formula is C16H22N6O. The molecule has 0 radical (unpaired) electrons. The summed E-state index contributed by atoms with van der Waals surface area (Å²) in [5.41, 5.74) is 7.24. The van der Waals surface area contributed by atoms with E-state index in [-0.39, 0.29) is 11.9 Å². The summed E-state index contributed by atoms with van der Waals surface area (Å²) < 4.78 is 1.53. The van der Waals surface area contributed by atoms with E-state index in [4.69, 9.17) is 5.73 Å². The van der Waals surface area contributed by atoms with Crippen molar-refractivity contribution in [1.82, 2.24) is 25.5 Å². The summed E-state index contributed by atoms with van der Waals surface area (Å²) in [6.07, 6.45) is 7.54. The number of aromatic nitrogens is 4. The van der Waals surface area contributed by atoms with E-state index in [1.807, 2.05) is 12.1 Å². The molecule has 0 aliphatic heterocycles. The van der Waals surface area contributed by atoms with Gasteiger partial charge in [0.1, 0.15) is 6.33 Å². The van der Waals surface area contributed by atoms with Crippen LogP contribution < -0.4 is 11.1 Å². The van der Waals surface area contributed by atoms with Gasteiger partial charge < -0.3 is 11.1 Å². The maximum absolute atomic E-state index is 12.6. The molecule has 0 spiro atoms. The van der Waals surface area contributed by atoms with Crippen LogP contribution in [0, 0.1) is 5.92 Å². The van der Waals surface area contributed by atoms with Gasteiger partial charge in [-0.1, -0.05) is 25.3 Å². The number of hydrogen-bond donors (Lipinski definition) is 2. The molecule has 122 valence electrons. The second kappa shape index (κ2) is 7.32. The molecule has 1 atom stereocenters. The van der Waals surface area contributed by atoms with Gasteiger partial charge in [-0.25, -0.2) is 4.68 Å². The van der Waals surface area contributed by atoms with Crippen LogP contribution in [0.4, 0.5) is 0 Å². The molecule has 1 heterocycles. The van der Waals surface area contributed by atoms with Crippen molar-refractivity contribution in [2.45, 2.75) is 38.1 Å². The monoisotopic (exact) mass is 314 g/mol. The van der Waals surface area contributed by atoms with Gasteiger partial charge in [0.25, 0.3) is 5.91 Å². The molecule has 1 amide bonds. The summed E-state index contributed by atoms with van der Waals surface area (Å²) in [5.74, 6) is 0.390. The van der Waals surface area contributed by atoms with E-state index in [0.717, 1.165) is 18.5 Å². The quantitative estimate of drug-likeness (QED) is 0.866. The Morgan fingerprint density at radius 1 is 1.35 bits per heavy atom. The number of benzene rings is 1. The fourth-order valence-corrected chi connectivity index (χ4v) is 3.23. The summed E-state index contributed by atoms with van der Waals surface area (Å²) in [6.45, 7) is 0.475. The third-order valence-corrected chi connectivity index (χ3v) is 4.51. The Labute approximate surface area is 135 Å². The van der Waals surface area contributed by atoms with Crippen LogP contribution in [-0.2, 0) is 0 Å². The Morgan fingerprint density at radius 3 is 2.87 bits per heavy atom. The van der Waals surface area contributed by atoms with Crippen molar-refractivity contribution in [2.24, 2.45) is 11.7 Å². The number of amides is 1. The Morgan fingerprint density at radius 2 is 2.17 bits per heavy atom. The highest BCUT2D eigenvalue weighted by Crippen LogP contribution is 2.26. The smallest absolute Gasteiger partial charge is 0.251 e. The predicted octanol–water partition coefficient (Wildman–Crippen LogP) is 1.30. The minimum atomic E-state index is -0.0963. The standard InChI is InChI=1S/C16H22N6O/c17-10-15(12-5-2-1-3-6-12)19-16(23)13-7-4-8-14(9-13)22-11-18-20-21-22/h4,7-9,11-12,15H,1-3,5-6,10,17H2,(H,19,23). The molecule has 1 saturated carbocycles. The predicted molar refractivity (Wildman–Crippen MR) is 86.0 cm³/mol. The molecule has 2 aromatic rings. The second-order valence-corrected chi connectivity index (χ2v) is 6.02. The lowest BCUT2D eigenvalue weighted by Gasteiger charge is -2.30. The highest BCUT2D eigenvalue weighted by atomic mass is 16.1. The van der Waals surface area contributed by atoms with Gasteiger partial charge in [0, 0.05) is 18.2 Å². The van der Waals surface area contributed by atoms with Crippen LogP contribution in [0.25, 0.3) is 5.69 Å². The highest BCUT2D eigenvalue weighted by molar-refractivity contribution is 5.94. The number of tetrazole rings is 1. The summed E-state index contributed by atoms with van der Waals surface area (Å²) in [4.78, 5) is 12.6. The summed E-state index contributed by atoms with van der Waals surface area (Å²) >= 11 is 0. The molecule has 1 aliphatic carbocycles. The lowest BCUT2D eigenvalue weighted by molar-refractivity contribution is 0.0915. The molecule has 1 aromatic carbocycles. The SMILES string of the molecule is NCC(NC(=O)c1cccc(-n2cnnn2)c1)C1CCCCC1. The van der Waals surface area contributed by atoms with Crippen LogP contribution in [0.5, 0.6) is 0 Å². The molecule has 1 unspecified atom stereocenters. The molecule has 7 heteroatoms. The van der Waals surface area contributed by atoms with Crippen molar-refractivity contribution in [3.8, 4) is 5.69 Å². The van der Waals surface area contributed by atoms with Crippen molar-refractivity contribution >= 4 is 5.91 Å². The number of nitrogens with zero attached hydrogens (tertiary/aromatic N) is 4. The Kier molecular flexibility index (Phi) is 4.97. The molecule has 3 N–H and O–H groups in total. The first-order chi connectivity index (χ1) is 11.3. The molecule has 7 nitrogen and oxygen atoms in total. The molecule has 1 aromatic heterocycles. The maximum Gasteiger partial charge on any atom is 0.251 e. The Bertz CT molecular complexity index is 636. The average Bonchev–Trinajstić information content (AvgIpc) is 3.15. The minimum Gasteiger partial charge on any atom is -0.348 e. The fraction of sp³-hybridized carbons (Fsp3) is 0.500. The average molecular weight is 314 g/mol. The number of carbonyl (C=O) groups excluding carboxylic acids is 1. The normalized spacial score (nSPS) is 16.9. The van der Waals surface area contributed by atoms with Gasteiger partial charge >= 0.3 is 0 Å². The molecule has 3 rings (SSSR count). The number of nitrogens with one attached hydrogen (secondary N) is 1. The summed E-state index contributed by atoms with van der Waals surface area (Å²) in [5, 5.41) is 14.2. The second-order valence-electron chi connectivity index (χ2n) is 6.02. The van der Waals surface area contributed by atoms with Crippen LogP contribution in [0.15, 0.2) is 30.6 Å². The van der Waals surface area contributed by atoms with Gasteiger partial charge in [-0.2, -0.15) is 0 Å². The van der Waals surface area contributed by atoms with Crippen molar-refractivity contribution in [1.29, 1.82) is 0 Å². The van der Waals surface area contributed by atoms with E-state index in [2.05, 4.69) is 20.8 Å². The Balaban J connectivity index is 1.71. The van der Waals surface area contributed by atoms with Gasteiger partial charge in [0.15, 0.2) is 0 Å². The lowest BCUT2D eigenvalue weighted by Crippen LogP contribution is -2.45. The van der Waals surface area contributed by atoms with E-state index < -0.39 is 0 Å². The zero-order valence-electron chi connectivity index (χ0n) is 13.1. The topological polar surface area (TPSA) is 98.7 Å². The first-order valence-electron chi connectivity index (χ1n) is 8.12. The van der Waals surface area contributed by atoms with Crippen LogP contribution in [0.1, 0.15) is 42.5 Å². The largest absolute Gasteiger partial charge is 0.348 e. The summed E-state index contributed by atoms with van der Waals surface area (Å²) in [6, 6.07) is 7.29. The van der Waals surface area contributed by atoms with Gasteiger partial charge in [0.05, 0.1) is 5.69 Å². The number of nitrogens with two attached hydrogens (primary N) is 1. The minimum absolute atomic E-state index is 0.0412. The molecule has 23 heavy (non-hydrogen) atoms. The van der Waals surface area contributed by atoms with Crippen LogP contribution in [0.2, 0.25) is 0 Å². The molecular weight excluding hydrogens is 292 g/mol.